The molecule has 2 aliphatic rings. The van der Waals surface area contributed by atoms with Crippen molar-refractivity contribution in [3.05, 3.63) is 17.5 Å². The maximum absolute atomic E-state index is 12.3. The van der Waals surface area contributed by atoms with E-state index in [1.807, 2.05) is 0 Å². The van der Waals surface area contributed by atoms with E-state index < -0.39 is 0 Å². The third-order valence-electron chi connectivity index (χ3n) is 5.13. The van der Waals surface area contributed by atoms with Crippen LogP contribution >= 0.6 is 0 Å². The van der Waals surface area contributed by atoms with Crippen LogP contribution in [0.1, 0.15) is 56.8 Å². The highest BCUT2D eigenvalue weighted by molar-refractivity contribution is 5.82. The zero-order chi connectivity index (χ0) is 14.8. The number of Topliss-reactive ketones (excluding diaryl/α,β-unsaturated/α-hetero) is 1. The molecular formula is C17H27N3O. The monoisotopic (exact) mass is 289 g/mol. The third kappa shape index (κ3) is 3.05. The third-order valence-corrected chi connectivity index (χ3v) is 5.13. The van der Waals surface area contributed by atoms with Crippen molar-refractivity contribution < 1.29 is 4.79 Å². The minimum atomic E-state index is 0.292. The number of aryl methyl sites for hydroxylation is 2. The van der Waals surface area contributed by atoms with Crippen molar-refractivity contribution in [1.82, 2.24) is 14.7 Å². The predicted octanol–water partition coefficient (Wildman–Crippen LogP) is 2.94. The second kappa shape index (κ2) is 6.30. The molecule has 2 unspecified atom stereocenters. The van der Waals surface area contributed by atoms with Gasteiger partial charge in [0.05, 0.1) is 11.4 Å². The molecule has 2 atom stereocenters. The van der Waals surface area contributed by atoms with E-state index in [0.717, 1.165) is 44.6 Å². The minimum Gasteiger partial charge on any atom is -0.299 e. The second-order valence-electron chi connectivity index (χ2n) is 6.59. The lowest BCUT2D eigenvalue weighted by molar-refractivity contribution is -0.126. The number of carbonyl (C=O) groups excluding carboxylic acids is 1. The highest BCUT2D eigenvalue weighted by Gasteiger charge is 2.36. The molecule has 0 N–H and O–H groups in total. The van der Waals surface area contributed by atoms with Crippen LogP contribution in [0.5, 0.6) is 0 Å². The van der Waals surface area contributed by atoms with E-state index in [1.54, 1.807) is 0 Å². The number of rotatable bonds is 4. The smallest absolute Gasteiger partial charge is 0.137 e. The fraction of sp³-hybridized carbons (Fsp3) is 0.765. The van der Waals surface area contributed by atoms with Crippen LogP contribution in [0.25, 0.3) is 0 Å². The summed E-state index contributed by atoms with van der Waals surface area (Å²) < 4.78 is 2.10. The molecule has 3 rings (SSSR count). The summed E-state index contributed by atoms with van der Waals surface area (Å²) in [6, 6.07) is 2.67. The number of carbonyl (C=O) groups is 1. The number of hydrogen-bond donors (Lipinski definition) is 0. The van der Waals surface area contributed by atoms with Gasteiger partial charge in [0.2, 0.25) is 0 Å². The molecule has 4 nitrogen and oxygen atoms in total. The summed E-state index contributed by atoms with van der Waals surface area (Å²) >= 11 is 0. The van der Waals surface area contributed by atoms with Gasteiger partial charge in [-0.15, -0.1) is 0 Å². The maximum Gasteiger partial charge on any atom is 0.137 e. The Kier molecular flexibility index (Phi) is 4.43. The molecule has 0 aromatic carbocycles. The van der Waals surface area contributed by atoms with Crippen molar-refractivity contribution in [2.75, 3.05) is 6.54 Å². The Bertz CT molecular complexity index is 508. The molecule has 1 saturated heterocycles. The van der Waals surface area contributed by atoms with E-state index >= 15 is 0 Å². The van der Waals surface area contributed by atoms with Crippen molar-refractivity contribution >= 4 is 5.78 Å². The van der Waals surface area contributed by atoms with Crippen LogP contribution in [0.15, 0.2) is 6.07 Å². The van der Waals surface area contributed by atoms with Gasteiger partial charge in [0.1, 0.15) is 5.78 Å². The lowest BCUT2D eigenvalue weighted by atomic mass is 9.82. The maximum atomic E-state index is 12.3. The van der Waals surface area contributed by atoms with Gasteiger partial charge in [-0.3, -0.25) is 14.4 Å². The van der Waals surface area contributed by atoms with Gasteiger partial charge in [0.25, 0.3) is 0 Å². The molecule has 1 aliphatic carbocycles. The van der Waals surface area contributed by atoms with Crippen molar-refractivity contribution in [2.24, 2.45) is 5.92 Å². The van der Waals surface area contributed by atoms with Gasteiger partial charge < -0.3 is 0 Å². The zero-order valence-electron chi connectivity index (χ0n) is 13.3. The fourth-order valence-electron chi connectivity index (χ4n) is 4.13. The molecule has 0 radical (unpaired) electrons. The Balaban J connectivity index is 1.73. The molecule has 1 aromatic rings. The van der Waals surface area contributed by atoms with Crippen LogP contribution in [0.4, 0.5) is 0 Å². The Morgan fingerprint density at radius 2 is 2.14 bits per heavy atom. The van der Waals surface area contributed by atoms with Crippen LogP contribution in [0.3, 0.4) is 0 Å². The Labute approximate surface area is 127 Å². The van der Waals surface area contributed by atoms with Crippen LogP contribution in [-0.2, 0) is 17.9 Å². The molecule has 2 fully saturated rings. The first-order valence-electron chi connectivity index (χ1n) is 8.49. The van der Waals surface area contributed by atoms with E-state index in [1.165, 1.54) is 25.0 Å². The van der Waals surface area contributed by atoms with Crippen LogP contribution in [0, 0.1) is 12.8 Å². The van der Waals surface area contributed by atoms with Gasteiger partial charge in [-0.25, -0.2) is 0 Å². The summed E-state index contributed by atoms with van der Waals surface area (Å²) in [6.45, 7) is 7.19. The molecule has 4 heteroatoms. The number of ketones is 1. The molecule has 116 valence electrons. The molecule has 21 heavy (non-hydrogen) atoms. The largest absolute Gasteiger partial charge is 0.299 e. The van der Waals surface area contributed by atoms with E-state index in [-0.39, 0.29) is 0 Å². The summed E-state index contributed by atoms with van der Waals surface area (Å²) in [5.41, 5.74) is 2.39. The Morgan fingerprint density at radius 1 is 1.29 bits per heavy atom. The summed E-state index contributed by atoms with van der Waals surface area (Å²) in [5, 5.41) is 4.55. The van der Waals surface area contributed by atoms with Gasteiger partial charge in [-0.1, -0.05) is 6.42 Å². The molecule has 2 heterocycles. The minimum absolute atomic E-state index is 0.292. The Morgan fingerprint density at radius 3 is 2.90 bits per heavy atom. The van der Waals surface area contributed by atoms with Crippen molar-refractivity contribution in [3.63, 3.8) is 0 Å². The number of nitrogens with zero attached hydrogens (tertiary/aromatic N) is 3. The molecule has 0 spiro atoms. The number of aromatic nitrogens is 2. The summed E-state index contributed by atoms with van der Waals surface area (Å²) in [5.74, 6) is 0.804. The lowest BCUT2D eigenvalue weighted by Crippen LogP contribution is -2.40. The summed E-state index contributed by atoms with van der Waals surface area (Å²) in [6.07, 6.45) is 6.66. The fourth-order valence-corrected chi connectivity index (χ4v) is 4.13. The number of hydrogen-bond acceptors (Lipinski definition) is 3. The molecule has 1 saturated carbocycles. The van der Waals surface area contributed by atoms with Crippen LogP contribution in [-0.4, -0.2) is 33.1 Å². The summed E-state index contributed by atoms with van der Waals surface area (Å²) in [7, 11) is 0. The average Bonchev–Trinajstić information content (AvgIpc) is 3.06. The van der Waals surface area contributed by atoms with Gasteiger partial charge in [-0.05, 0) is 52.1 Å². The molecule has 0 bridgehead atoms. The van der Waals surface area contributed by atoms with Crippen molar-refractivity contribution in [3.8, 4) is 0 Å². The number of likely N-dealkylation sites (tertiary alicyclic amines) is 1. The van der Waals surface area contributed by atoms with Crippen LogP contribution < -0.4 is 0 Å². The predicted molar refractivity (Wildman–Crippen MR) is 83.0 cm³/mol. The molecule has 1 aromatic heterocycles. The van der Waals surface area contributed by atoms with E-state index in [0.29, 0.717) is 17.7 Å². The first-order valence-corrected chi connectivity index (χ1v) is 8.49. The van der Waals surface area contributed by atoms with Crippen LogP contribution in [0.2, 0.25) is 0 Å². The molecule has 1 aliphatic heterocycles. The molecular weight excluding hydrogens is 262 g/mol. The van der Waals surface area contributed by atoms with Crippen molar-refractivity contribution in [2.45, 2.75) is 71.5 Å². The highest BCUT2D eigenvalue weighted by Crippen LogP contribution is 2.33. The second-order valence-corrected chi connectivity index (χ2v) is 6.59. The first-order chi connectivity index (χ1) is 10.2. The zero-order valence-corrected chi connectivity index (χ0v) is 13.3. The van der Waals surface area contributed by atoms with Gasteiger partial charge in [0.15, 0.2) is 0 Å². The van der Waals surface area contributed by atoms with Gasteiger partial charge >= 0.3 is 0 Å². The highest BCUT2D eigenvalue weighted by atomic mass is 16.1. The standard InChI is InChI=1S/C17H27N3O/c1-3-20-14(11-13(2)18-20)12-19-10-6-8-16(19)15-7-4-5-9-17(15)21/h11,15-16H,3-10,12H2,1-2H3. The van der Waals surface area contributed by atoms with E-state index in [4.69, 9.17) is 0 Å². The SMILES string of the molecule is CCn1nc(C)cc1CN1CCCC1C1CCCCC1=O. The van der Waals surface area contributed by atoms with Gasteiger partial charge in [-0.2, -0.15) is 5.10 Å². The first kappa shape index (κ1) is 14.8. The van der Waals surface area contributed by atoms with E-state index in [2.05, 4.69) is 34.6 Å². The Hall–Kier alpha value is -1.16. The van der Waals surface area contributed by atoms with E-state index in [9.17, 15) is 4.79 Å². The van der Waals surface area contributed by atoms with Gasteiger partial charge in [0, 0.05) is 31.5 Å². The lowest BCUT2D eigenvalue weighted by Gasteiger charge is -2.33. The topological polar surface area (TPSA) is 38.1 Å². The summed E-state index contributed by atoms with van der Waals surface area (Å²) in [4.78, 5) is 14.8. The molecule has 0 amide bonds. The quantitative estimate of drug-likeness (QED) is 0.855. The normalized spacial score (nSPS) is 27.4. The average molecular weight is 289 g/mol. The van der Waals surface area contributed by atoms with Crippen molar-refractivity contribution in [1.29, 1.82) is 0 Å².